The standard InChI is InChI=1S/C21H28N4O2/c1-15(25-11-10-16-6-4-5-7-17(16)14-25)13-23-21(22)24-18-8-9-19(26-2)20(12-18)27-3/h4-9,12,15H,10-11,13-14H2,1-3H3,(H3,22,23,24). The number of nitrogens with zero attached hydrogens (tertiary/aromatic N) is 2. The fourth-order valence-electron chi connectivity index (χ4n) is 3.34. The van der Waals surface area contributed by atoms with Crippen LogP contribution < -0.4 is 20.5 Å². The number of hydrogen-bond acceptors (Lipinski definition) is 4. The lowest BCUT2D eigenvalue weighted by molar-refractivity contribution is 0.195. The number of rotatable bonds is 6. The summed E-state index contributed by atoms with van der Waals surface area (Å²) in [6.45, 7) is 4.86. The van der Waals surface area contributed by atoms with E-state index in [0.29, 0.717) is 30.0 Å². The molecule has 1 unspecified atom stereocenters. The quantitative estimate of drug-likeness (QED) is 0.606. The largest absolute Gasteiger partial charge is 0.493 e. The van der Waals surface area contributed by atoms with Gasteiger partial charge in [0.1, 0.15) is 0 Å². The molecule has 2 aromatic carbocycles. The van der Waals surface area contributed by atoms with Crippen LogP contribution in [-0.4, -0.2) is 44.2 Å². The summed E-state index contributed by atoms with van der Waals surface area (Å²) in [5.74, 6) is 1.72. The van der Waals surface area contributed by atoms with E-state index in [4.69, 9.17) is 15.2 Å². The SMILES string of the molecule is COc1ccc(NC(N)=NCC(C)N2CCc3ccccc3C2)cc1OC. The van der Waals surface area contributed by atoms with E-state index in [2.05, 4.69) is 46.4 Å². The van der Waals surface area contributed by atoms with Gasteiger partial charge in [0.25, 0.3) is 0 Å². The summed E-state index contributed by atoms with van der Waals surface area (Å²) in [7, 11) is 3.22. The molecule has 6 nitrogen and oxygen atoms in total. The third-order valence-corrected chi connectivity index (χ3v) is 4.97. The van der Waals surface area contributed by atoms with Gasteiger partial charge in [0, 0.05) is 30.9 Å². The van der Waals surface area contributed by atoms with Gasteiger partial charge in [-0.05, 0) is 36.6 Å². The van der Waals surface area contributed by atoms with Crippen molar-refractivity contribution < 1.29 is 9.47 Å². The molecule has 3 N–H and O–H groups in total. The molecule has 1 atom stereocenters. The normalized spacial score (nSPS) is 15.7. The highest BCUT2D eigenvalue weighted by Crippen LogP contribution is 2.29. The monoisotopic (exact) mass is 368 g/mol. The Hall–Kier alpha value is -2.73. The van der Waals surface area contributed by atoms with Crippen LogP contribution in [0.25, 0.3) is 0 Å². The fraction of sp³-hybridized carbons (Fsp3) is 0.381. The van der Waals surface area contributed by atoms with E-state index in [1.54, 1.807) is 14.2 Å². The maximum absolute atomic E-state index is 6.07. The molecule has 0 bridgehead atoms. The van der Waals surface area contributed by atoms with E-state index in [1.807, 2.05) is 18.2 Å². The molecule has 1 heterocycles. The first-order valence-electron chi connectivity index (χ1n) is 9.20. The second-order valence-electron chi connectivity index (χ2n) is 6.76. The van der Waals surface area contributed by atoms with Gasteiger partial charge < -0.3 is 20.5 Å². The van der Waals surface area contributed by atoms with E-state index < -0.39 is 0 Å². The molecule has 0 aliphatic carbocycles. The summed E-state index contributed by atoms with van der Waals surface area (Å²) in [5.41, 5.74) is 9.75. The third kappa shape index (κ3) is 4.71. The number of benzene rings is 2. The Morgan fingerprint density at radius 2 is 1.89 bits per heavy atom. The molecule has 144 valence electrons. The summed E-state index contributed by atoms with van der Waals surface area (Å²) in [5, 5.41) is 3.12. The van der Waals surface area contributed by atoms with Crippen LogP contribution in [0.15, 0.2) is 47.5 Å². The first-order chi connectivity index (χ1) is 13.1. The molecule has 1 aliphatic rings. The number of anilines is 1. The van der Waals surface area contributed by atoms with Crippen molar-refractivity contribution in [3.05, 3.63) is 53.6 Å². The molecule has 0 fully saturated rings. The van der Waals surface area contributed by atoms with Crippen molar-refractivity contribution in [3.8, 4) is 11.5 Å². The molecule has 3 rings (SSSR count). The van der Waals surface area contributed by atoms with E-state index >= 15 is 0 Å². The molecule has 0 aromatic heterocycles. The number of guanidine groups is 1. The topological polar surface area (TPSA) is 72.1 Å². The predicted molar refractivity (Wildman–Crippen MR) is 110 cm³/mol. The molecule has 0 radical (unpaired) electrons. The molecule has 27 heavy (non-hydrogen) atoms. The lowest BCUT2D eigenvalue weighted by Crippen LogP contribution is -2.39. The first kappa shape index (κ1) is 19.0. The highest BCUT2D eigenvalue weighted by Gasteiger charge is 2.20. The average Bonchev–Trinajstić information content (AvgIpc) is 2.71. The van der Waals surface area contributed by atoms with Gasteiger partial charge in [-0.15, -0.1) is 0 Å². The van der Waals surface area contributed by atoms with Crippen LogP contribution in [0.5, 0.6) is 11.5 Å². The number of ether oxygens (including phenoxy) is 2. The molecular weight excluding hydrogens is 340 g/mol. The minimum atomic E-state index is 0.323. The average molecular weight is 368 g/mol. The Bertz CT molecular complexity index is 807. The van der Waals surface area contributed by atoms with Gasteiger partial charge in [0.05, 0.1) is 20.8 Å². The number of fused-ring (bicyclic) bond motifs is 1. The van der Waals surface area contributed by atoms with Gasteiger partial charge in [0.15, 0.2) is 17.5 Å². The Kier molecular flexibility index (Phi) is 6.19. The van der Waals surface area contributed by atoms with Crippen molar-refractivity contribution in [2.24, 2.45) is 10.7 Å². The van der Waals surface area contributed by atoms with E-state index in [0.717, 1.165) is 25.2 Å². The van der Waals surface area contributed by atoms with Crippen molar-refractivity contribution in [1.29, 1.82) is 0 Å². The molecule has 2 aromatic rings. The Morgan fingerprint density at radius 1 is 1.15 bits per heavy atom. The number of nitrogens with two attached hydrogens (primary N) is 1. The van der Waals surface area contributed by atoms with Crippen LogP contribution in [-0.2, 0) is 13.0 Å². The van der Waals surface area contributed by atoms with Gasteiger partial charge in [-0.1, -0.05) is 24.3 Å². The fourth-order valence-corrected chi connectivity index (χ4v) is 3.34. The van der Waals surface area contributed by atoms with Crippen molar-refractivity contribution >= 4 is 11.6 Å². The summed E-state index contributed by atoms with van der Waals surface area (Å²) in [6, 6.07) is 14.5. The Balaban J connectivity index is 1.57. The molecular formula is C21H28N4O2. The van der Waals surface area contributed by atoms with Gasteiger partial charge in [-0.2, -0.15) is 0 Å². The molecule has 0 saturated heterocycles. The van der Waals surface area contributed by atoms with Crippen LogP contribution in [0.2, 0.25) is 0 Å². The van der Waals surface area contributed by atoms with Crippen LogP contribution in [0.4, 0.5) is 5.69 Å². The number of nitrogens with one attached hydrogen (secondary N) is 1. The summed E-state index contributed by atoms with van der Waals surface area (Å²) in [4.78, 5) is 6.97. The zero-order valence-corrected chi connectivity index (χ0v) is 16.2. The number of hydrogen-bond donors (Lipinski definition) is 2. The van der Waals surface area contributed by atoms with Crippen molar-refractivity contribution in [1.82, 2.24) is 4.90 Å². The summed E-state index contributed by atoms with van der Waals surface area (Å²) >= 11 is 0. The first-order valence-corrected chi connectivity index (χ1v) is 9.20. The smallest absolute Gasteiger partial charge is 0.193 e. The van der Waals surface area contributed by atoms with E-state index in [-0.39, 0.29) is 0 Å². The zero-order valence-electron chi connectivity index (χ0n) is 16.2. The number of aliphatic imine (C=N–C) groups is 1. The summed E-state index contributed by atoms with van der Waals surface area (Å²) in [6.07, 6.45) is 1.09. The second kappa shape index (κ2) is 8.77. The van der Waals surface area contributed by atoms with E-state index in [9.17, 15) is 0 Å². The second-order valence-corrected chi connectivity index (χ2v) is 6.76. The lowest BCUT2D eigenvalue weighted by atomic mass is 9.99. The van der Waals surface area contributed by atoms with E-state index in [1.165, 1.54) is 11.1 Å². The molecule has 1 aliphatic heterocycles. The number of methoxy groups -OCH3 is 2. The lowest BCUT2D eigenvalue weighted by Gasteiger charge is -2.33. The molecule has 6 heteroatoms. The van der Waals surface area contributed by atoms with Crippen LogP contribution >= 0.6 is 0 Å². The Morgan fingerprint density at radius 3 is 2.63 bits per heavy atom. The zero-order chi connectivity index (χ0) is 19.2. The highest BCUT2D eigenvalue weighted by molar-refractivity contribution is 5.92. The molecule has 0 saturated carbocycles. The van der Waals surface area contributed by atoms with Crippen molar-refractivity contribution in [2.45, 2.75) is 25.9 Å². The molecule has 0 amide bonds. The van der Waals surface area contributed by atoms with Crippen LogP contribution in [0, 0.1) is 0 Å². The van der Waals surface area contributed by atoms with Crippen molar-refractivity contribution in [3.63, 3.8) is 0 Å². The van der Waals surface area contributed by atoms with Crippen LogP contribution in [0.3, 0.4) is 0 Å². The van der Waals surface area contributed by atoms with Crippen LogP contribution in [0.1, 0.15) is 18.1 Å². The van der Waals surface area contributed by atoms with Gasteiger partial charge in [0.2, 0.25) is 0 Å². The maximum atomic E-state index is 6.07. The van der Waals surface area contributed by atoms with Gasteiger partial charge >= 0.3 is 0 Å². The maximum Gasteiger partial charge on any atom is 0.193 e. The van der Waals surface area contributed by atoms with Gasteiger partial charge in [-0.25, -0.2) is 0 Å². The predicted octanol–water partition coefficient (Wildman–Crippen LogP) is 2.88. The minimum absolute atomic E-state index is 0.323. The third-order valence-electron chi connectivity index (χ3n) is 4.97. The van der Waals surface area contributed by atoms with Gasteiger partial charge in [-0.3, -0.25) is 9.89 Å². The molecule has 0 spiro atoms. The summed E-state index contributed by atoms with van der Waals surface area (Å²) < 4.78 is 10.6. The minimum Gasteiger partial charge on any atom is -0.493 e. The highest BCUT2D eigenvalue weighted by atomic mass is 16.5. The Labute approximate surface area is 161 Å². The van der Waals surface area contributed by atoms with Crippen molar-refractivity contribution in [2.75, 3.05) is 32.6 Å².